The van der Waals surface area contributed by atoms with Crippen LogP contribution in [0.5, 0.6) is 0 Å². The van der Waals surface area contributed by atoms with Crippen molar-refractivity contribution < 1.29 is 17.9 Å². The molecule has 1 aromatic heterocycles. The summed E-state index contributed by atoms with van der Waals surface area (Å²) in [5, 5.41) is 7.93. The second kappa shape index (κ2) is 9.49. The Kier molecular flexibility index (Phi) is 6.50. The molecule has 1 N–H and O–H groups in total. The quantitative estimate of drug-likeness (QED) is 0.400. The Morgan fingerprint density at radius 2 is 1.76 bits per heavy atom. The third kappa shape index (κ3) is 5.08. The standard InChI is InChI=1S/C22H17ClN4O5S/c23-18-11-10-16(12-20(18)33(30,31)24-13-15-6-2-1-3-7-15)22(29)32-14-27-21(28)17-8-4-5-9-19(17)25-26-27/h1-12,24H,13-14H2. The number of rotatable bonds is 7. The van der Waals surface area contributed by atoms with Crippen LogP contribution in [0.3, 0.4) is 0 Å². The van der Waals surface area contributed by atoms with Gasteiger partial charge < -0.3 is 4.74 Å². The summed E-state index contributed by atoms with van der Waals surface area (Å²) in [5.41, 5.74) is 0.648. The summed E-state index contributed by atoms with van der Waals surface area (Å²) in [6.07, 6.45) is 0. The van der Waals surface area contributed by atoms with Crippen LogP contribution in [-0.4, -0.2) is 29.4 Å². The smallest absolute Gasteiger partial charge is 0.339 e. The van der Waals surface area contributed by atoms with Crippen LogP contribution < -0.4 is 10.3 Å². The lowest BCUT2D eigenvalue weighted by molar-refractivity contribution is 0.0336. The van der Waals surface area contributed by atoms with Gasteiger partial charge in [0.2, 0.25) is 10.0 Å². The minimum absolute atomic E-state index is 0.0521. The number of esters is 1. The fraction of sp³-hybridized carbons (Fsp3) is 0.0909. The minimum atomic E-state index is -4.01. The number of hydrogen-bond acceptors (Lipinski definition) is 7. The molecular weight excluding hydrogens is 468 g/mol. The largest absolute Gasteiger partial charge is 0.439 e. The fourth-order valence-electron chi connectivity index (χ4n) is 3.00. The second-order valence-corrected chi connectivity index (χ2v) is 9.07. The van der Waals surface area contributed by atoms with Crippen molar-refractivity contribution in [2.75, 3.05) is 0 Å². The first-order valence-corrected chi connectivity index (χ1v) is 11.5. The maximum absolute atomic E-state index is 12.7. The Hall–Kier alpha value is -3.60. The van der Waals surface area contributed by atoms with Crippen LogP contribution >= 0.6 is 11.6 Å². The molecular formula is C22H17ClN4O5S. The van der Waals surface area contributed by atoms with Gasteiger partial charge in [0.15, 0.2) is 6.73 Å². The number of nitrogens with zero attached hydrogens (tertiary/aromatic N) is 3. The van der Waals surface area contributed by atoms with Crippen LogP contribution in [0.4, 0.5) is 0 Å². The maximum atomic E-state index is 12.7. The summed E-state index contributed by atoms with van der Waals surface area (Å²) < 4.78 is 34.0. The lowest BCUT2D eigenvalue weighted by Gasteiger charge is -2.11. The number of nitrogens with one attached hydrogen (secondary N) is 1. The predicted octanol–water partition coefficient (Wildman–Crippen LogP) is 2.74. The molecule has 0 bridgehead atoms. The molecule has 168 valence electrons. The highest BCUT2D eigenvalue weighted by Crippen LogP contribution is 2.23. The highest BCUT2D eigenvalue weighted by Gasteiger charge is 2.21. The number of sulfonamides is 1. The lowest BCUT2D eigenvalue weighted by Crippen LogP contribution is -2.27. The zero-order valence-electron chi connectivity index (χ0n) is 17.0. The normalized spacial score (nSPS) is 11.4. The van der Waals surface area contributed by atoms with E-state index in [0.717, 1.165) is 16.3 Å². The van der Waals surface area contributed by atoms with Crippen LogP contribution in [0.2, 0.25) is 5.02 Å². The first-order valence-electron chi connectivity index (χ1n) is 9.68. The molecule has 0 radical (unpaired) electrons. The minimum Gasteiger partial charge on any atom is -0.439 e. The van der Waals surface area contributed by atoms with E-state index in [2.05, 4.69) is 15.0 Å². The highest BCUT2D eigenvalue weighted by molar-refractivity contribution is 7.89. The van der Waals surface area contributed by atoms with Crippen molar-refractivity contribution in [1.82, 2.24) is 19.7 Å². The number of aromatic nitrogens is 3. The van der Waals surface area contributed by atoms with Crippen LogP contribution in [-0.2, 0) is 28.0 Å². The predicted molar refractivity (Wildman–Crippen MR) is 121 cm³/mol. The monoisotopic (exact) mass is 484 g/mol. The van der Waals surface area contributed by atoms with Gasteiger partial charge in [-0.25, -0.2) is 17.9 Å². The molecule has 0 atom stereocenters. The van der Waals surface area contributed by atoms with E-state index in [1.54, 1.807) is 48.5 Å². The maximum Gasteiger partial charge on any atom is 0.339 e. The van der Waals surface area contributed by atoms with Crippen molar-refractivity contribution in [2.45, 2.75) is 18.2 Å². The van der Waals surface area contributed by atoms with E-state index in [9.17, 15) is 18.0 Å². The van der Waals surface area contributed by atoms with Crippen molar-refractivity contribution in [3.63, 3.8) is 0 Å². The second-order valence-electron chi connectivity index (χ2n) is 6.93. The first-order chi connectivity index (χ1) is 15.8. The van der Waals surface area contributed by atoms with E-state index in [-0.39, 0.29) is 22.0 Å². The average Bonchev–Trinajstić information content (AvgIpc) is 2.83. The molecule has 0 fully saturated rings. The van der Waals surface area contributed by atoms with Gasteiger partial charge in [-0.1, -0.05) is 59.3 Å². The summed E-state index contributed by atoms with van der Waals surface area (Å²) in [5.74, 6) is -0.854. The van der Waals surface area contributed by atoms with Crippen LogP contribution in [0, 0.1) is 0 Å². The Bertz CT molecular complexity index is 1490. The first kappa shape index (κ1) is 22.6. The number of benzene rings is 3. The molecule has 11 heteroatoms. The Balaban J connectivity index is 1.50. The Morgan fingerprint density at radius 1 is 1.03 bits per heavy atom. The van der Waals surface area contributed by atoms with E-state index in [1.807, 2.05) is 6.07 Å². The van der Waals surface area contributed by atoms with E-state index >= 15 is 0 Å². The summed E-state index contributed by atoms with van der Waals surface area (Å²) >= 11 is 6.08. The Morgan fingerprint density at radius 3 is 2.55 bits per heavy atom. The molecule has 0 spiro atoms. The van der Waals surface area contributed by atoms with Gasteiger partial charge in [-0.3, -0.25) is 4.79 Å². The third-order valence-electron chi connectivity index (χ3n) is 4.71. The van der Waals surface area contributed by atoms with Crippen molar-refractivity contribution >= 4 is 38.5 Å². The molecule has 0 aliphatic rings. The van der Waals surface area contributed by atoms with Crippen molar-refractivity contribution in [2.24, 2.45) is 0 Å². The van der Waals surface area contributed by atoms with Crippen molar-refractivity contribution in [3.05, 3.63) is 99.3 Å². The molecule has 33 heavy (non-hydrogen) atoms. The number of halogens is 1. The number of carbonyl (C=O) groups is 1. The van der Waals surface area contributed by atoms with E-state index in [0.29, 0.717) is 10.9 Å². The number of hydrogen-bond donors (Lipinski definition) is 1. The molecule has 0 unspecified atom stereocenters. The van der Waals surface area contributed by atoms with Gasteiger partial charge >= 0.3 is 5.97 Å². The van der Waals surface area contributed by atoms with Gasteiger partial charge in [-0.05, 0) is 35.9 Å². The van der Waals surface area contributed by atoms with Crippen molar-refractivity contribution in [1.29, 1.82) is 0 Å². The third-order valence-corrected chi connectivity index (χ3v) is 6.60. The Labute approximate surface area is 193 Å². The number of carbonyl (C=O) groups excluding carboxylic acids is 1. The molecule has 0 saturated carbocycles. The van der Waals surface area contributed by atoms with Crippen LogP contribution in [0.1, 0.15) is 15.9 Å². The van der Waals surface area contributed by atoms with Gasteiger partial charge in [0, 0.05) is 6.54 Å². The topological polar surface area (TPSA) is 120 Å². The zero-order valence-corrected chi connectivity index (χ0v) is 18.6. The molecule has 0 aliphatic heterocycles. The van der Waals surface area contributed by atoms with E-state index in [1.165, 1.54) is 12.1 Å². The molecule has 0 saturated heterocycles. The van der Waals surface area contributed by atoms with Gasteiger partial charge in [0.05, 0.1) is 16.0 Å². The fourth-order valence-corrected chi connectivity index (χ4v) is 4.54. The summed E-state index contributed by atoms with van der Waals surface area (Å²) in [7, 11) is -4.01. The van der Waals surface area contributed by atoms with Gasteiger partial charge in [0.25, 0.3) is 5.56 Å². The molecule has 4 aromatic rings. The van der Waals surface area contributed by atoms with Gasteiger partial charge in [-0.2, -0.15) is 4.68 Å². The van der Waals surface area contributed by atoms with Gasteiger partial charge in [0.1, 0.15) is 10.4 Å². The molecule has 1 heterocycles. The summed E-state index contributed by atoms with van der Waals surface area (Å²) in [4.78, 5) is 24.7. The molecule has 3 aromatic carbocycles. The van der Waals surface area contributed by atoms with E-state index in [4.69, 9.17) is 16.3 Å². The SMILES string of the molecule is O=C(OCn1nnc2ccccc2c1=O)c1ccc(Cl)c(S(=O)(=O)NCc2ccccc2)c1. The number of ether oxygens (including phenoxy) is 1. The zero-order chi connectivity index (χ0) is 23.4. The molecule has 0 aliphatic carbocycles. The van der Waals surface area contributed by atoms with Crippen molar-refractivity contribution in [3.8, 4) is 0 Å². The van der Waals surface area contributed by atoms with Crippen LogP contribution in [0.15, 0.2) is 82.5 Å². The lowest BCUT2D eigenvalue weighted by atomic mass is 10.2. The van der Waals surface area contributed by atoms with Crippen LogP contribution in [0.25, 0.3) is 10.9 Å². The average molecular weight is 485 g/mol. The molecule has 9 nitrogen and oxygen atoms in total. The summed E-state index contributed by atoms with van der Waals surface area (Å²) in [6, 6.07) is 19.3. The highest BCUT2D eigenvalue weighted by atomic mass is 35.5. The molecule has 0 amide bonds. The van der Waals surface area contributed by atoms with E-state index < -0.39 is 28.3 Å². The summed E-state index contributed by atoms with van der Waals surface area (Å²) in [6.45, 7) is -0.440. The molecule has 4 rings (SSSR count). The van der Waals surface area contributed by atoms with Gasteiger partial charge in [-0.15, -0.1) is 5.10 Å². The number of fused-ring (bicyclic) bond motifs is 1.